The van der Waals surface area contributed by atoms with Gasteiger partial charge in [0, 0.05) is 24.3 Å². The number of piperidine rings is 1. The Labute approximate surface area is 114 Å². The van der Waals surface area contributed by atoms with Gasteiger partial charge < -0.3 is 4.90 Å². The molecule has 1 fully saturated rings. The quantitative estimate of drug-likeness (QED) is 0.771. The van der Waals surface area contributed by atoms with Crippen LogP contribution < -0.4 is 4.90 Å². The first-order valence-corrected chi connectivity index (χ1v) is 7.20. The van der Waals surface area contributed by atoms with E-state index in [1.54, 1.807) is 0 Å². The zero-order valence-electron chi connectivity index (χ0n) is 12.1. The molecule has 1 heterocycles. The Bertz CT molecular complexity index is 425. The lowest BCUT2D eigenvalue weighted by molar-refractivity contribution is 0.434. The first-order valence-electron chi connectivity index (χ1n) is 7.20. The van der Waals surface area contributed by atoms with Crippen molar-refractivity contribution in [2.75, 3.05) is 18.0 Å². The van der Waals surface area contributed by atoms with Gasteiger partial charge in [-0.05, 0) is 43.2 Å². The molecule has 0 aromatic heterocycles. The molecule has 0 N–H and O–H groups in total. The van der Waals surface area contributed by atoms with Crippen LogP contribution in [0.15, 0.2) is 12.1 Å². The third-order valence-electron chi connectivity index (χ3n) is 4.31. The average molecular weight is 267 g/mol. The molecule has 0 spiro atoms. The van der Waals surface area contributed by atoms with E-state index in [2.05, 4.69) is 4.90 Å². The number of anilines is 1. The predicted molar refractivity (Wildman–Crippen MR) is 75.7 cm³/mol. The van der Waals surface area contributed by atoms with E-state index in [0.717, 1.165) is 25.9 Å². The maximum Gasteiger partial charge on any atom is 0.131 e. The average Bonchev–Trinajstić information content (AvgIpc) is 2.38. The fraction of sp³-hybridized carbons (Fsp3) is 0.625. The molecule has 1 aromatic rings. The second-order valence-corrected chi connectivity index (χ2v) is 6.07. The summed E-state index contributed by atoms with van der Waals surface area (Å²) in [7, 11) is 0. The second-order valence-electron chi connectivity index (χ2n) is 6.07. The SMILES string of the molecule is CCC(C)(C)c1c(F)cc(N2CCCCC2)cc1F. The normalized spacial score (nSPS) is 16.8. The first-order chi connectivity index (χ1) is 8.95. The number of halogens is 2. The number of hydrogen-bond donors (Lipinski definition) is 0. The summed E-state index contributed by atoms with van der Waals surface area (Å²) in [6, 6.07) is 3.00. The summed E-state index contributed by atoms with van der Waals surface area (Å²) in [5, 5.41) is 0. The Morgan fingerprint density at radius 1 is 1.05 bits per heavy atom. The monoisotopic (exact) mass is 267 g/mol. The number of nitrogens with zero attached hydrogens (tertiary/aromatic N) is 1. The van der Waals surface area contributed by atoms with Crippen LogP contribution >= 0.6 is 0 Å². The summed E-state index contributed by atoms with van der Waals surface area (Å²) in [5.74, 6) is -0.820. The van der Waals surface area contributed by atoms with Gasteiger partial charge in [0.1, 0.15) is 11.6 Å². The highest BCUT2D eigenvalue weighted by atomic mass is 19.1. The molecule has 0 amide bonds. The Balaban J connectivity index is 2.36. The van der Waals surface area contributed by atoms with E-state index in [4.69, 9.17) is 0 Å². The molecule has 0 aliphatic carbocycles. The highest BCUT2D eigenvalue weighted by Crippen LogP contribution is 2.34. The van der Waals surface area contributed by atoms with E-state index >= 15 is 0 Å². The Morgan fingerprint density at radius 2 is 1.58 bits per heavy atom. The highest BCUT2D eigenvalue weighted by molar-refractivity contribution is 5.50. The fourth-order valence-corrected chi connectivity index (χ4v) is 2.72. The van der Waals surface area contributed by atoms with E-state index in [0.29, 0.717) is 12.1 Å². The molecule has 1 aromatic carbocycles. The molecule has 19 heavy (non-hydrogen) atoms. The van der Waals surface area contributed by atoms with Crippen LogP contribution in [0.2, 0.25) is 0 Å². The molecule has 0 atom stereocenters. The Hall–Kier alpha value is -1.12. The lowest BCUT2D eigenvalue weighted by Gasteiger charge is -2.30. The van der Waals surface area contributed by atoms with Crippen LogP contribution in [0.1, 0.15) is 52.0 Å². The van der Waals surface area contributed by atoms with E-state index in [9.17, 15) is 8.78 Å². The van der Waals surface area contributed by atoms with Crippen molar-refractivity contribution in [3.63, 3.8) is 0 Å². The third kappa shape index (κ3) is 2.90. The smallest absolute Gasteiger partial charge is 0.131 e. The number of hydrogen-bond acceptors (Lipinski definition) is 1. The van der Waals surface area contributed by atoms with Crippen molar-refractivity contribution >= 4 is 5.69 Å². The predicted octanol–water partition coefficient (Wildman–Crippen LogP) is 4.64. The van der Waals surface area contributed by atoms with Gasteiger partial charge in [-0.25, -0.2) is 8.78 Å². The molecular weight excluding hydrogens is 244 g/mol. The largest absolute Gasteiger partial charge is 0.371 e. The van der Waals surface area contributed by atoms with Crippen molar-refractivity contribution < 1.29 is 8.78 Å². The van der Waals surface area contributed by atoms with Gasteiger partial charge in [0.15, 0.2) is 0 Å². The van der Waals surface area contributed by atoms with Crippen LogP contribution in [-0.4, -0.2) is 13.1 Å². The van der Waals surface area contributed by atoms with Gasteiger partial charge in [-0.3, -0.25) is 0 Å². The van der Waals surface area contributed by atoms with Crippen LogP contribution in [0, 0.1) is 11.6 Å². The van der Waals surface area contributed by atoms with Gasteiger partial charge in [0.25, 0.3) is 0 Å². The van der Waals surface area contributed by atoms with Crippen LogP contribution in [0.4, 0.5) is 14.5 Å². The zero-order valence-corrected chi connectivity index (χ0v) is 12.1. The molecule has 0 unspecified atom stereocenters. The van der Waals surface area contributed by atoms with Gasteiger partial charge in [-0.15, -0.1) is 0 Å². The zero-order chi connectivity index (χ0) is 14.0. The molecule has 0 bridgehead atoms. The Kier molecular flexibility index (Phi) is 4.12. The molecule has 0 saturated carbocycles. The highest BCUT2D eigenvalue weighted by Gasteiger charge is 2.27. The van der Waals surface area contributed by atoms with Gasteiger partial charge in [0.2, 0.25) is 0 Å². The van der Waals surface area contributed by atoms with Gasteiger partial charge in [-0.1, -0.05) is 20.8 Å². The molecular formula is C16H23F2N. The lowest BCUT2D eigenvalue weighted by atomic mass is 9.81. The Morgan fingerprint density at radius 3 is 2.05 bits per heavy atom. The van der Waals surface area contributed by atoms with Crippen LogP contribution in [0.25, 0.3) is 0 Å². The van der Waals surface area contributed by atoms with E-state index in [1.807, 2.05) is 20.8 Å². The number of rotatable bonds is 3. The maximum absolute atomic E-state index is 14.3. The van der Waals surface area contributed by atoms with Crippen LogP contribution in [0.5, 0.6) is 0 Å². The fourth-order valence-electron chi connectivity index (χ4n) is 2.72. The number of benzene rings is 1. The topological polar surface area (TPSA) is 3.24 Å². The minimum absolute atomic E-state index is 0.218. The van der Waals surface area contributed by atoms with E-state index in [-0.39, 0.29) is 5.56 Å². The van der Waals surface area contributed by atoms with Crippen molar-refractivity contribution in [1.82, 2.24) is 0 Å². The summed E-state index contributed by atoms with van der Waals surface area (Å²) in [5.41, 5.74) is 0.440. The second kappa shape index (κ2) is 5.48. The van der Waals surface area contributed by atoms with E-state index in [1.165, 1.54) is 18.6 Å². The molecule has 1 aliphatic heterocycles. The first kappa shape index (κ1) is 14.3. The minimum atomic E-state index is -0.464. The molecule has 1 saturated heterocycles. The molecule has 106 valence electrons. The summed E-state index contributed by atoms with van der Waals surface area (Å²) in [6.45, 7) is 7.52. The standard InChI is InChI=1S/C16H23F2N/c1-4-16(2,3)15-13(17)10-12(11-14(15)18)19-8-6-5-7-9-19/h10-11H,4-9H2,1-3H3. The van der Waals surface area contributed by atoms with Crippen molar-refractivity contribution in [3.05, 3.63) is 29.3 Å². The van der Waals surface area contributed by atoms with Crippen molar-refractivity contribution in [3.8, 4) is 0 Å². The van der Waals surface area contributed by atoms with Gasteiger partial charge in [0.05, 0.1) is 0 Å². The summed E-state index contributed by atoms with van der Waals surface area (Å²) < 4.78 is 28.6. The molecule has 0 radical (unpaired) electrons. The van der Waals surface area contributed by atoms with Crippen molar-refractivity contribution in [2.45, 2.75) is 51.9 Å². The van der Waals surface area contributed by atoms with Crippen molar-refractivity contribution in [2.24, 2.45) is 0 Å². The molecule has 3 heteroatoms. The third-order valence-corrected chi connectivity index (χ3v) is 4.31. The summed E-state index contributed by atoms with van der Waals surface area (Å²) in [6.07, 6.45) is 4.13. The summed E-state index contributed by atoms with van der Waals surface area (Å²) in [4.78, 5) is 2.08. The maximum atomic E-state index is 14.3. The van der Waals surface area contributed by atoms with Crippen molar-refractivity contribution in [1.29, 1.82) is 0 Å². The minimum Gasteiger partial charge on any atom is -0.371 e. The van der Waals surface area contributed by atoms with E-state index < -0.39 is 17.0 Å². The van der Waals surface area contributed by atoms with Crippen LogP contribution in [0.3, 0.4) is 0 Å². The lowest BCUT2D eigenvalue weighted by Crippen LogP contribution is -2.30. The summed E-state index contributed by atoms with van der Waals surface area (Å²) >= 11 is 0. The molecule has 1 nitrogen and oxygen atoms in total. The molecule has 1 aliphatic rings. The van der Waals surface area contributed by atoms with Gasteiger partial charge >= 0.3 is 0 Å². The van der Waals surface area contributed by atoms with Gasteiger partial charge in [-0.2, -0.15) is 0 Å². The van der Waals surface area contributed by atoms with Crippen LogP contribution in [-0.2, 0) is 5.41 Å². The molecule has 2 rings (SSSR count).